The van der Waals surface area contributed by atoms with Crippen LogP contribution < -0.4 is 10.2 Å². The molecule has 2 rings (SSSR count). The number of aromatic nitrogens is 2. The lowest BCUT2D eigenvalue weighted by atomic mass is 10.3. The number of nitrogens with zero attached hydrogens (tertiary/aromatic N) is 3. The summed E-state index contributed by atoms with van der Waals surface area (Å²) in [5.41, 5.74) is 0. The fraction of sp³-hybridized carbons (Fsp3) is 0.500. The summed E-state index contributed by atoms with van der Waals surface area (Å²) in [7, 11) is 3.95. The second kappa shape index (κ2) is 5.75. The minimum absolute atomic E-state index is 0.447. The van der Waals surface area contributed by atoms with Crippen LogP contribution in [0.3, 0.4) is 0 Å². The summed E-state index contributed by atoms with van der Waals surface area (Å²) < 4.78 is 0. The van der Waals surface area contributed by atoms with Crippen molar-refractivity contribution >= 4 is 45.1 Å². The van der Waals surface area contributed by atoms with Crippen molar-refractivity contribution in [1.82, 2.24) is 9.97 Å². The third-order valence-corrected chi connectivity index (χ3v) is 4.55. The summed E-state index contributed by atoms with van der Waals surface area (Å²) in [5, 5.41) is 6.23. The van der Waals surface area contributed by atoms with Gasteiger partial charge in [0.05, 0.1) is 5.39 Å². The third kappa shape index (κ3) is 2.54. The fourth-order valence-electron chi connectivity index (χ4n) is 1.78. The topological polar surface area (TPSA) is 41.1 Å². The number of anilines is 2. The van der Waals surface area contributed by atoms with Crippen molar-refractivity contribution in [3.05, 3.63) is 11.4 Å². The molecule has 0 bridgehead atoms. The first-order chi connectivity index (χ1) is 8.67. The Labute approximate surface area is 116 Å². The molecule has 0 aliphatic rings. The van der Waals surface area contributed by atoms with E-state index in [1.165, 1.54) is 0 Å². The van der Waals surface area contributed by atoms with Crippen molar-refractivity contribution in [2.24, 2.45) is 0 Å². The Kier molecular flexibility index (Phi) is 4.29. The van der Waals surface area contributed by atoms with Gasteiger partial charge in [-0.3, -0.25) is 0 Å². The van der Waals surface area contributed by atoms with Crippen LogP contribution in [0.25, 0.3) is 10.2 Å². The Hall–Kier alpha value is -1.01. The molecule has 0 aliphatic carbocycles. The van der Waals surface area contributed by atoms with E-state index in [0.29, 0.717) is 12.0 Å². The minimum atomic E-state index is 0.447. The van der Waals surface area contributed by atoms with Gasteiger partial charge in [0.1, 0.15) is 10.6 Å². The number of hydrogen-bond acceptors (Lipinski definition) is 6. The summed E-state index contributed by atoms with van der Waals surface area (Å²) in [6.07, 6.45) is 2.13. The molecule has 0 saturated heterocycles. The van der Waals surface area contributed by atoms with Gasteiger partial charge in [-0.1, -0.05) is 0 Å². The molecule has 98 valence electrons. The third-order valence-electron chi connectivity index (χ3n) is 2.93. The van der Waals surface area contributed by atoms with Crippen LogP contribution in [0.1, 0.15) is 6.92 Å². The summed E-state index contributed by atoms with van der Waals surface area (Å²) in [6, 6.07) is 2.54. The van der Waals surface area contributed by atoms with Gasteiger partial charge in [0.25, 0.3) is 0 Å². The smallest absolute Gasteiger partial charge is 0.225 e. The van der Waals surface area contributed by atoms with Crippen LogP contribution in [0, 0.1) is 0 Å². The predicted octanol–water partition coefficient (Wildman–Crippen LogP) is 2.92. The normalized spacial score (nSPS) is 12.7. The van der Waals surface area contributed by atoms with Crippen molar-refractivity contribution in [3.8, 4) is 0 Å². The van der Waals surface area contributed by atoms with Gasteiger partial charge in [-0.05, 0) is 24.6 Å². The van der Waals surface area contributed by atoms with Gasteiger partial charge in [-0.15, -0.1) is 11.3 Å². The van der Waals surface area contributed by atoms with Gasteiger partial charge in [-0.2, -0.15) is 16.7 Å². The standard InChI is InChI=1S/C12H18N4S2/c1-8(7-17-4)16(3)10-9-5-6-18-11(9)15-12(13-2)14-10/h5-6,8H,7H2,1-4H3,(H,13,14,15). The molecule has 0 saturated carbocycles. The maximum absolute atomic E-state index is 4.60. The Morgan fingerprint density at radius 1 is 1.50 bits per heavy atom. The number of hydrogen-bond donors (Lipinski definition) is 1. The summed E-state index contributed by atoms with van der Waals surface area (Å²) in [6.45, 7) is 2.22. The number of fused-ring (bicyclic) bond motifs is 1. The van der Waals surface area contributed by atoms with Crippen molar-refractivity contribution < 1.29 is 0 Å². The van der Waals surface area contributed by atoms with Gasteiger partial charge >= 0.3 is 0 Å². The van der Waals surface area contributed by atoms with Gasteiger partial charge in [0.15, 0.2) is 0 Å². The van der Waals surface area contributed by atoms with Crippen molar-refractivity contribution in [2.75, 3.05) is 36.3 Å². The Morgan fingerprint density at radius 3 is 2.94 bits per heavy atom. The molecule has 2 heterocycles. The van der Waals surface area contributed by atoms with Gasteiger partial charge in [-0.25, -0.2) is 4.98 Å². The quantitative estimate of drug-likeness (QED) is 0.913. The number of thiophene rings is 1. The zero-order chi connectivity index (χ0) is 13.1. The molecule has 0 amide bonds. The van der Waals surface area contributed by atoms with Crippen LogP contribution in [0.4, 0.5) is 11.8 Å². The Bertz CT molecular complexity index is 526. The van der Waals surface area contributed by atoms with Gasteiger partial charge < -0.3 is 10.2 Å². The predicted molar refractivity (Wildman–Crippen MR) is 83.2 cm³/mol. The monoisotopic (exact) mass is 282 g/mol. The molecule has 0 radical (unpaired) electrons. The fourth-order valence-corrected chi connectivity index (χ4v) is 3.25. The van der Waals surface area contributed by atoms with Crippen molar-refractivity contribution in [3.63, 3.8) is 0 Å². The molecule has 18 heavy (non-hydrogen) atoms. The zero-order valence-corrected chi connectivity index (χ0v) is 12.7. The van der Waals surface area contributed by atoms with Crippen LogP contribution in [0.5, 0.6) is 0 Å². The van der Waals surface area contributed by atoms with E-state index in [4.69, 9.17) is 0 Å². The highest BCUT2D eigenvalue weighted by Crippen LogP contribution is 2.29. The average Bonchev–Trinajstić information content (AvgIpc) is 2.84. The molecule has 1 atom stereocenters. The lowest BCUT2D eigenvalue weighted by Crippen LogP contribution is -2.31. The van der Waals surface area contributed by atoms with Crippen LogP contribution in [0.2, 0.25) is 0 Å². The van der Waals surface area contributed by atoms with E-state index in [-0.39, 0.29) is 0 Å². The lowest BCUT2D eigenvalue weighted by Gasteiger charge is -2.26. The maximum atomic E-state index is 4.60. The molecular formula is C12H18N4S2. The first-order valence-electron chi connectivity index (χ1n) is 5.82. The Balaban J connectivity index is 2.44. The highest BCUT2D eigenvalue weighted by atomic mass is 32.2. The second-order valence-electron chi connectivity index (χ2n) is 4.18. The van der Waals surface area contributed by atoms with Crippen molar-refractivity contribution in [1.29, 1.82) is 0 Å². The molecule has 0 spiro atoms. The molecule has 1 N–H and O–H groups in total. The molecule has 1 unspecified atom stereocenters. The minimum Gasteiger partial charge on any atom is -0.357 e. The highest BCUT2D eigenvalue weighted by Gasteiger charge is 2.16. The molecule has 0 aliphatic heterocycles. The molecule has 0 aromatic carbocycles. The van der Waals surface area contributed by atoms with E-state index < -0.39 is 0 Å². The molecule has 2 aromatic rings. The van der Waals surface area contributed by atoms with E-state index in [2.05, 4.69) is 51.9 Å². The number of thioether (sulfide) groups is 1. The van der Waals surface area contributed by atoms with Crippen LogP contribution in [-0.2, 0) is 0 Å². The molecule has 2 aromatic heterocycles. The summed E-state index contributed by atoms with van der Waals surface area (Å²) in [4.78, 5) is 12.3. The SMILES string of the molecule is CNc1nc(N(C)C(C)CSC)c2ccsc2n1. The second-order valence-corrected chi connectivity index (χ2v) is 5.98. The van der Waals surface area contributed by atoms with Crippen LogP contribution in [0.15, 0.2) is 11.4 Å². The van der Waals surface area contributed by atoms with Crippen LogP contribution in [-0.4, -0.2) is 42.1 Å². The van der Waals surface area contributed by atoms with E-state index in [1.54, 1.807) is 11.3 Å². The largest absolute Gasteiger partial charge is 0.357 e. The van der Waals surface area contributed by atoms with E-state index in [0.717, 1.165) is 21.8 Å². The molecule has 4 nitrogen and oxygen atoms in total. The maximum Gasteiger partial charge on any atom is 0.225 e. The first-order valence-corrected chi connectivity index (χ1v) is 8.09. The van der Waals surface area contributed by atoms with E-state index in [9.17, 15) is 0 Å². The molecule has 6 heteroatoms. The zero-order valence-electron chi connectivity index (χ0n) is 11.1. The van der Waals surface area contributed by atoms with E-state index in [1.807, 2.05) is 18.8 Å². The lowest BCUT2D eigenvalue weighted by molar-refractivity contribution is 0.756. The van der Waals surface area contributed by atoms with Gasteiger partial charge in [0.2, 0.25) is 5.95 Å². The Morgan fingerprint density at radius 2 is 2.28 bits per heavy atom. The number of nitrogens with one attached hydrogen (secondary N) is 1. The molecule has 0 fully saturated rings. The van der Waals surface area contributed by atoms with Crippen LogP contribution >= 0.6 is 23.1 Å². The average molecular weight is 282 g/mol. The van der Waals surface area contributed by atoms with Gasteiger partial charge in [0, 0.05) is 25.9 Å². The van der Waals surface area contributed by atoms with E-state index >= 15 is 0 Å². The summed E-state index contributed by atoms with van der Waals surface area (Å²) >= 11 is 3.50. The molecular weight excluding hydrogens is 264 g/mol. The highest BCUT2D eigenvalue weighted by molar-refractivity contribution is 7.98. The summed E-state index contributed by atoms with van der Waals surface area (Å²) in [5.74, 6) is 2.77. The first kappa shape index (κ1) is 13.4. The van der Waals surface area contributed by atoms with Crippen molar-refractivity contribution in [2.45, 2.75) is 13.0 Å². The number of rotatable bonds is 5.